The summed E-state index contributed by atoms with van der Waals surface area (Å²) < 4.78 is 0. The first-order valence-corrected chi connectivity index (χ1v) is 6.81. The van der Waals surface area contributed by atoms with E-state index in [0.717, 1.165) is 0 Å². The van der Waals surface area contributed by atoms with E-state index in [2.05, 4.69) is 66.8 Å². The Balaban J connectivity index is 0.000000231. The van der Waals surface area contributed by atoms with E-state index in [1.165, 1.54) is 22.3 Å². The molecule has 1 heteroatoms. The summed E-state index contributed by atoms with van der Waals surface area (Å²) in [6.45, 7) is 0. The molecule has 0 amide bonds. The molecular weight excluding hydrogens is 296 g/mol. The summed E-state index contributed by atoms with van der Waals surface area (Å²) in [7, 11) is 0. The van der Waals surface area contributed by atoms with Gasteiger partial charge in [0.05, 0.1) is 0 Å². The molecule has 4 rings (SSSR count). The van der Waals surface area contributed by atoms with Gasteiger partial charge in [0, 0.05) is 0 Å². The molecule has 0 fully saturated rings. The molecule has 0 radical (unpaired) electrons. The van der Waals surface area contributed by atoms with Crippen molar-refractivity contribution < 1.29 is 17.1 Å². The van der Waals surface area contributed by atoms with E-state index in [1.54, 1.807) is 0 Å². The fourth-order valence-corrected chi connectivity index (χ4v) is 2.29. The number of hydrogen-bond donors (Lipinski definition) is 0. The zero-order valence-electron chi connectivity index (χ0n) is 11.6. The van der Waals surface area contributed by atoms with Crippen molar-refractivity contribution in [1.82, 2.24) is 0 Å². The molecular formula is C20H16Fe. The van der Waals surface area contributed by atoms with Crippen LogP contribution in [0, 0.1) is 0 Å². The Morgan fingerprint density at radius 3 is 2.24 bits per heavy atom. The van der Waals surface area contributed by atoms with Crippen LogP contribution in [0.3, 0.4) is 0 Å². The molecule has 0 nitrogen and oxygen atoms in total. The van der Waals surface area contributed by atoms with Crippen LogP contribution in [0.15, 0.2) is 84.9 Å². The smallest absolute Gasteiger partial charge is 0.214 e. The van der Waals surface area contributed by atoms with E-state index in [0.29, 0.717) is 0 Å². The minimum absolute atomic E-state index is 0. The molecule has 0 unspecified atom stereocenters. The third kappa shape index (κ3) is 3.95. The van der Waals surface area contributed by atoms with Crippen molar-refractivity contribution >= 4 is 17.7 Å². The van der Waals surface area contributed by atoms with Gasteiger partial charge in [0.15, 0.2) is 0 Å². The van der Waals surface area contributed by atoms with E-state index in [9.17, 15) is 0 Å². The van der Waals surface area contributed by atoms with Crippen LogP contribution in [0.25, 0.3) is 17.7 Å². The van der Waals surface area contributed by atoms with Gasteiger partial charge in [-0.25, -0.2) is 18.2 Å². The Labute approximate surface area is 136 Å². The molecule has 0 spiro atoms. The number of benzene rings is 1. The van der Waals surface area contributed by atoms with Gasteiger partial charge >= 0.3 is 17.1 Å². The van der Waals surface area contributed by atoms with Crippen molar-refractivity contribution in [2.45, 2.75) is 0 Å². The monoisotopic (exact) mass is 312 g/mol. The standard InChI is InChI=1S/C15H11.C5H5.Fe/c1-2-6-12(5-1)11-14-10-9-13-7-3-4-8-15(13)14;1-2-4-5-3-1;/h1-11H;1-5H;/q2*-1;+2/b14-11-;;. The fraction of sp³-hybridized carbons (Fsp3) is 0. The predicted octanol–water partition coefficient (Wildman–Crippen LogP) is 5.38. The van der Waals surface area contributed by atoms with Crippen molar-refractivity contribution in [3.63, 3.8) is 0 Å². The Morgan fingerprint density at radius 2 is 1.57 bits per heavy atom. The molecule has 3 aromatic carbocycles. The van der Waals surface area contributed by atoms with Gasteiger partial charge in [0.25, 0.3) is 0 Å². The molecule has 0 atom stereocenters. The van der Waals surface area contributed by atoms with E-state index in [1.807, 2.05) is 30.3 Å². The summed E-state index contributed by atoms with van der Waals surface area (Å²) in [5.74, 6) is 0. The fourth-order valence-electron chi connectivity index (χ4n) is 2.29. The summed E-state index contributed by atoms with van der Waals surface area (Å²) >= 11 is 0. The van der Waals surface area contributed by atoms with Gasteiger partial charge in [0.2, 0.25) is 0 Å². The van der Waals surface area contributed by atoms with E-state index >= 15 is 0 Å². The zero-order chi connectivity index (χ0) is 13.6. The minimum atomic E-state index is 0. The third-order valence-electron chi connectivity index (χ3n) is 3.28. The second-order valence-corrected chi connectivity index (χ2v) is 4.70. The predicted molar refractivity (Wildman–Crippen MR) is 87.4 cm³/mol. The van der Waals surface area contributed by atoms with Crippen molar-refractivity contribution in [3.8, 4) is 0 Å². The number of fused-ring (bicyclic) bond motifs is 1. The Hall–Kier alpha value is -2.08. The van der Waals surface area contributed by atoms with Gasteiger partial charge in [-0.3, -0.25) is 0 Å². The van der Waals surface area contributed by atoms with Crippen molar-refractivity contribution in [3.05, 3.63) is 102 Å². The third-order valence-corrected chi connectivity index (χ3v) is 3.28. The normalized spacial score (nSPS) is 13.2. The minimum Gasteiger partial charge on any atom is -0.214 e. The summed E-state index contributed by atoms with van der Waals surface area (Å²) in [6, 6.07) is 26.9. The topological polar surface area (TPSA) is 0 Å². The average Bonchev–Trinajstić information content (AvgIpc) is 3.24. The van der Waals surface area contributed by atoms with Gasteiger partial charge in [-0.15, -0.1) is 6.08 Å². The van der Waals surface area contributed by atoms with Gasteiger partial charge in [-0.1, -0.05) is 36.4 Å². The SMILES string of the molecule is C1=Cc2ccccc2/C1=C\c1cc[cH-]c1.[Fe+2].c1cc[cH-]c1. The average molecular weight is 312 g/mol. The molecule has 0 aliphatic heterocycles. The number of rotatable bonds is 1. The van der Waals surface area contributed by atoms with Crippen molar-refractivity contribution in [2.24, 2.45) is 0 Å². The first kappa shape index (κ1) is 15.3. The zero-order valence-corrected chi connectivity index (χ0v) is 12.7. The van der Waals surface area contributed by atoms with Gasteiger partial charge < -0.3 is 0 Å². The molecule has 0 bridgehead atoms. The summed E-state index contributed by atoms with van der Waals surface area (Å²) in [5, 5.41) is 0. The van der Waals surface area contributed by atoms with E-state index in [4.69, 9.17) is 0 Å². The molecule has 0 aromatic heterocycles. The maximum Gasteiger partial charge on any atom is 2.00 e. The Kier molecular flexibility index (Phi) is 5.57. The maximum absolute atomic E-state index is 2.22. The van der Waals surface area contributed by atoms with Crippen LogP contribution < -0.4 is 0 Å². The van der Waals surface area contributed by atoms with Gasteiger partial charge in [-0.2, -0.15) is 42.0 Å². The molecule has 3 aromatic rings. The molecule has 1 aliphatic rings. The summed E-state index contributed by atoms with van der Waals surface area (Å²) in [5.41, 5.74) is 5.22. The quantitative estimate of drug-likeness (QED) is 0.418. The van der Waals surface area contributed by atoms with Crippen LogP contribution in [-0.4, -0.2) is 0 Å². The van der Waals surface area contributed by atoms with Crippen LogP contribution in [0.2, 0.25) is 0 Å². The van der Waals surface area contributed by atoms with Crippen LogP contribution >= 0.6 is 0 Å². The Bertz CT molecular complexity index is 681. The van der Waals surface area contributed by atoms with Crippen LogP contribution in [-0.2, 0) is 17.1 Å². The Morgan fingerprint density at radius 1 is 0.762 bits per heavy atom. The van der Waals surface area contributed by atoms with Crippen LogP contribution in [0.5, 0.6) is 0 Å². The molecule has 0 saturated carbocycles. The molecule has 1 aliphatic carbocycles. The molecule has 104 valence electrons. The van der Waals surface area contributed by atoms with E-state index < -0.39 is 0 Å². The maximum atomic E-state index is 2.22. The molecule has 21 heavy (non-hydrogen) atoms. The second-order valence-electron chi connectivity index (χ2n) is 4.70. The van der Waals surface area contributed by atoms with Gasteiger partial charge in [-0.05, 0) is 16.7 Å². The number of hydrogen-bond acceptors (Lipinski definition) is 0. The van der Waals surface area contributed by atoms with Crippen LogP contribution in [0.1, 0.15) is 16.7 Å². The molecule has 0 N–H and O–H groups in total. The summed E-state index contributed by atoms with van der Waals surface area (Å²) in [4.78, 5) is 0. The van der Waals surface area contributed by atoms with Gasteiger partial charge in [0.1, 0.15) is 0 Å². The van der Waals surface area contributed by atoms with E-state index in [-0.39, 0.29) is 17.1 Å². The first-order valence-electron chi connectivity index (χ1n) is 6.81. The number of allylic oxidation sites excluding steroid dienone is 2. The van der Waals surface area contributed by atoms with Crippen molar-refractivity contribution in [2.75, 3.05) is 0 Å². The largest absolute Gasteiger partial charge is 2.00 e. The van der Waals surface area contributed by atoms with Crippen LogP contribution in [0.4, 0.5) is 0 Å². The molecule has 0 heterocycles. The molecule has 0 saturated heterocycles. The first-order chi connectivity index (χ1) is 9.93. The second kappa shape index (κ2) is 7.64. The summed E-state index contributed by atoms with van der Waals surface area (Å²) in [6.07, 6.45) is 6.57. The van der Waals surface area contributed by atoms with Crippen molar-refractivity contribution in [1.29, 1.82) is 0 Å².